The molecule has 0 radical (unpaired) electrons. The molecule has 0 heterocycles. The van der Waals surface area contributed by atoms with Crippen LogP contribution in [-0.4, -0.2) is 48.8 Å². The second-order valence-corrected chi connectivity index (χ2v) is 7.85. The highest BCUT2D eigenvalue weighted by atomic mass is 16.5. The van der Waals surface area contributed by atoms with E-state index in [1.54, 1.807) is 4.90 Å². The zero-order chi connectivity index (χ0) is 21.7. The van der Waals surface area contributed by atoms with Crippen LogP contribution in [0.4, 0.5) is 0 Å². The minimum atomic E-state index is -0.288. The molecule has 5 heteroatoms. The fourth-order valence-electron chi connectivity index (χ4n) is 3.12. The maximum Gasteiger partial charge on any atom is 0.320 e. The van der Waals surface area contributed by atoms with Crippen molar-refractivity contribution in [1.82, 2.24) is 4.90 Å². The third kappa shape index (κ3) is 19.6. The van der Waals surface area contributed by atoms with Crippen molar-refractivity contribution in [2.75, 3.05) is 32.8 Å². The van der Waals surface area contributed by atoms with Crippen LogP contribution in [0.25, 0.3) is 0 Å². The summed E-state index contributed by atoms with van der Waals surface area (Å²) in [6.07, 6.45) is 14.2. The summed E-state index contributed by atoms with van der Waals surface area (Å²) in [6.45, 7) is 13.6. The highest BCUT2D eigenvalue weighted by Crippen LogP contribution is 2.08. The minimum absolute atomic E-state index is 0.0115. The van der Waals surface area contributed by atoms with Gasteiger partial charge in [0.2, 0.25) is 0 Å². The van der Waals surface area contributed by atoms with Crippen LogP contribution in [0.15, 0.2) is 24.7 Å². The second-order valence-electron chi connectivity index (χ2n) is 7.85. The lowest BCUT2D eigenvalue weighted by molar-refractivity contribution is -0.145. The Bertz CT molecular complexity index is 405. The lowest BCUT2D eigenvalue weighted by Gasteiger charge is -2.22. The molecule has 0 aliphatic rings. The lowest BCUT2D eigenvalue weighted by Crippen LogP contribution is -2.34. The summed E-state index contributed by atoms with van der Waals surface area (Å²) in [6, 6.07) is 0. The van der Waals surface area contributed by atoms with Crippen molar-refractivity contribution in [3.63, 3.8) is 0 Å². The zero-order valence-electron chi connectivity index (χ0n) is 19.1. The molecular weight excluding hydrogens is 366 g/mol. The predicted octanol–water partition coefficient (Wildman–Crippen LogP) is 6.15. The molecule has 0 fully saturated rings. The molecule has 0 aliphatic carbocycles. The second kappa shape index (κ2) is 19.8. The molecule has 0 bridgehead atoms. The van der Waals surface area contributed by atoms with E-state index in [1.165, 1.54) is 51.4 Å². The van der Waals surface area contributed by atoms with E-state index in [1.807, 2.05) is 0 Å². The Morgan fingerprint density at radius 3 is 1.72 bits per heavy atom. The molecule has 0 amide bonds. The summed E-state index contributed by atoms with van der Waals surface area (Å²) < 4.78 is 11.0. The fraction of sp³-hybridized carbons (Fsp3) is 0.792. The van der Waals surface area contributed by atoms with Crippen LogP contribution >= 0.6 is 0 Å². The molecule has 170 valence electrons. The van der Waals surface area contributed by atoms with E-state index >= 15 is 0 Å². The van der Waals surface area contributed by atoms with E-state index in [0.717, 1.165) is 25.7 Å². The van der Waals surface area contributed by atoms with Crippen LogP contribution in [0.1, 0.15) is 90.9 Å². The van der Waals surface area contributed by atoms with Gasteiger partial charge in [0.1, 0.15) is 5.76 Å². The first-order valence-corrected chi connectivity index (χ1v) is 11.5. The molecule has 0 spiro atoms. The number of ether oxygens (including phenoxy) is 2. The van der Waals surface area contributed by atoms with Gasteiger partial charge in [-0.05, 0) is 12.8 Å². The fourth-order valence-corrected chi connectivity index (χ4v) is 3.12. The molecule has 0 atom stereocenters. The summed E-state index contributed by atoms with van der Waals surface area (Å²) in [5.41, 5.74) is 0. The Morgan fingerprint density at radius 1 is 0.724 bits per heavy atom. The van der Waals surface area contributed by atoms with Crippen LogP contribution in [0.2, 0.25) is 0 Å². The topological polar surface area (TPSA) is 59.0 Å². The number of rotatable bonds is 21. The number of carbonyl (C=O) groups excluding carboxylic acids is 1. The highest BCUT2D eigenvalue weighted by molar-refractivity contribution is 5.71. The summed E-state index contributed by atoms with van der Waals surface area (Å²) in [5.74, 6) is 0.324. The van der Waals surface area contributed by atoms with Crippen molar-refractivity contribution in [1.29, 1.82) is 0 Å². The van der Waals surface area contributed by atoms with Gasteiger partial charge in [0.15, 0.2) is 0 Å². The molecule has 29 heavy (non-hydrogen) atoms. The van der Waals surface area contributed by atoms with E-state index in [-0.39, 0.29) is 24.8 Å². The van der Waals surface area contributed by atoms with Gasteiger partial charge in [-0.2, -0.15) is 0 Å². The molecule has 0 aliphatic heterocycles. The molecule has 0 unspecified atom stereocenters. The van der Waals surface area contributed by atoms with Gasteiger partial charge in [-0.25, -0.2) is 0 Å². The Hall–Kier alpha value is -1.49. The third-order valence-electron chi connectivity index (χ3n) is 4.72. The molecule has 0 saturated heterocycles. The average molecular weight is 412 g/mol. The number of hydrogen-bond acceptors (Lipinski definition) is 5. The monoisotopic (exact) mass is 411 g/mol. The molecule has 5 nitrogen and oxygen atoms in total. The van der Waals surface area contributed by atoms with Gasteiger partial charge in [-0.15, -0.1) is 0 Å². The van der Waals surface area contributed by atoms with Crippen molar-refractivity contribution >= 4 is 5.97 Å². The number of aliphatic hydroxyl groups excluding tert-OH is 1. The Labute approximate surface area is 179 Å². The number of esters is 1. The molecule has 0 rings (SSSR count). The summed E-state index contributed by atoms with van der Waals surface area (Å²) >= 11 is 0. The van der Waals surface area contributed by atoms with Crippen molar-refractivity contribution in [2.24, 2.45) is 0 Å². The summed E-state index contributed by atoms with van der Waals surface area (Å²) in [5, 5.41) is 9.52. The number of carbonyl (C=O) groups is 1. The van der Waals surface area contributed by atoms with Gasteiger partial charge in [-0.1, -0.05) is 91.2 Å². The lowest BCUT2D eigenvalue weighted by atomic mass is 10.1. The summed E-state index contributed by atoms with van der Waals surface area (Å²) in [4.78, 5) is 13.8. The van der Waals surface area contributed by atoms with Crippen LogP contribution in [0.5, 0.6) is 0 Å². The molecule has 0 aromatic heterocycles. The normalized spacial score (nSPS) is 10.9. The summed E-state index contributed by atoms with van der Waals surface area (Å²) in [7, 11) is 0. The van der Waals surface area contributed by atoms with Gasteiger partial charge in [0.25, 0.3) is 0 Å². The first-order chi connectivity index (χ1) is 14.0. The molecule has 0 aromatic carbocycles. The molecule has 1 N–H and O–H groups in total. The largest absolute Gasteiger partial charge is 0.512 e. The first-order valence-electron chi connectivity index (χ1n) is 11.5. The number of unbranched alkanes of at least 4 members (excludes halogenated alkanes) is 10. The molecule has 0 aromatic rings. The first kappa shape index (κ1) is 27.5. The maximum atomic E-state index is 12.1. The van der Waals surface area contributed by atoms with Crippen LogP contribution < -0.4 is 0 Å². The van der Waals surface area contributed by atoms with E-state index in [0.29, 0.717) is 25.5 Å². The number of nitrogens with zero attached hydrogens (tertiary/aromatic N) is 1. The van der Waals surface area contributed by atoms with Gasteiger partial charge in [0.05, 0.1) is 38.6 Å². The Morgan fingerprint density at radius 2 is 1.21 bits per heavy atom. The van der Waals surface area contributed by atoms with Gasteiger partial charge >= 0.3 is 5.97 Å². The predicted molar refractivity (Wildman–Crippen MR) is 121 cm³/mol. The number of hydrogen-bond donors (Lipinski definition) is 1. The van der Waals surface area contributed by atoms with Gasteiger partial charge in [-0.3, -0.25) is 9.69 Å². The van der Waals surface area contributed by atoms with E-state index < -0.39 is 0 Å². The highest BCUT2D eigenvalue weighted by Gasteiger charge is 2.14. The van der Waals surface area contributed by atoms with Crippen LogP contribution in [0, 0.1) is 0 Å². The van der Waals surface area contributed by atoms with E-state index in [9.17, 15) is 9.90 Å². The Kier molecular flexibility index (Phi) is 18.8. The van der Waals surface area contributed by atoms with E-state index in [4.69, 9.17) is 9.47 Å². The molecule has 0 saturated carbocycles. The van der Waals surface area contributed by atoms with Crippen LogP contribution in [-0.2, 0) is 14.3 Å². The van der Waals surface area contributed by atoms with Crippen molar-refractivity contribution in [3.05, 3.63) is 24.7 Å². The Balaban J connectivity index is 4.00. The van der Waals surface area contributed by atoms with Gasteiger partial charge < -0.3 is 14.6 Å². The average Bonchev–Trinajstić information content (AvgIpc) is 2.66. The maximum absolute atomic E-state index is 12.1. The zero-order valence-corrected chi connectivity index (χ0v) is 19.1. The number of aliphatic hydroxyl groups is 1. The van der Waals surface area contributed by atoms with Crippen molar-refractivity contribution in [2.45, 2.75) is 90.9 Å². The van der Waals surface area contributed by atoms with Crippen LogP contribution in [0.3, 0.4) is 0 Å². The van der Waals surface area contributed by atoms with Gasteiger partial charge in [0, 0.05) is 0 Å². The standard InChI is InChI=1S/C24H45NO4/c1-5-7-9-11-13-15-17-28-23(4)20-25(19-22(3)26)21-24(27)29-18-16-14-12-10-8-6-2/h26H,3-21H2,1-2H3. The third-order valence-corrected chi connectivity index (χ3v) is 4.72. The molecular formula is C24H45NO4. The quantitative estimate of drug-likeness (QED) is 0.139. The minimum Gasteiger partial charge on any atom is -0.512 e. The SMILES string of the molecule is C=C(O)CN(CC(=C)OCCCCCCCC)CC(=O)OCCCCCCCC. The van der Waals surface area contributed by atoms with Crippen molar-refractivity contribution < 1.29 is 19.4 Å². The van der Waals surface area contributed by atoms with Crippen molar-refractivity contribution in [3.8, 4) is 0 Å². The smallest absolute Gasteiger partial charge is 0.320 e. The van der Waals surface area contributed by atoms with E-state index in [2.05, 4.69) is 27.0 Å².